The van der Waals surface area contributed by atoms with Crippen LogP contribution in [-0.2, 0) is 4.79 Å². The van der Waals surface area contributed by atoms with Gasteiger partial charge in [-0.1, -0.05) is 6.07 Å². The Labute approximate surface area is 166 Å². The molecule has 3 heterocycles. The number of aryl methyl sites for hydroxylation is 1. The molecule has 1 aliphatic heterocycles. The van der Waals surface area contributed by atoms with Crippen LogP contribution in [0.25, 0.3) is 0 Å². The van der Waals surface area contributed by atoms with E-state index in [9.17, 15) is 18.4 Å². The third kappa shape index (κ3) is 3.81. The molecule has 2 aromatic heterocycles. The topological polar surface area (TPSA) is 88.1 Å². The number of halogens is 2. The quantitative estimate of drug-likeness (QED) is 0.854. The van der Waals surface area contributed by atoms with Crippen molar-refractivity contribution in [1.29, 1.82) is 0 Å². The van der Waals surface area contributed by atoms with Crippen molar-refractivity contribution in [3.8, 4) is 0 Å². The normalized spacial score (nSPS) is 26.0. The van der Waals surface area contributed by atoms with Crippen LogP contribution < -0.4 is 10.2 Å². The molecule has 1 N–H and O–H groups in total. The standard InChI is InChI=1S/C20H21F2N5O2/c1-13-23-8-5-16(25-13)27-9-6-19(18(27)29)10-14(11-20(21,22)12-19)26-17(28)15-4-2-3-7-24-15/h2-5,7-8,14H,6,9-12H2,1H3,(H,26,28). The van der Waals surface area contributed by atoms with Crippen molar-refractivity contribution >= 4 is 17.6 Å². The number of hydrogen-bond acceptors (Lipinski definition) is 5. The molecule has 2 fully saturated rings. The van der Waals surface area contributed by atoms with Gasteiger partial charge in [-0.05, 0) is 38.0 Å². The number of carbonyl (C=O) groups excluding carboxylic acids is 2. The number of hydrogen-bond donors (Lipinski definition) is 1. The number of anilines is 1. The second kappa shape index (κ2) is 7.13. The summed E-state index contributed by atoms with van der Waals surface area (Å²) in [4.78, 5) is 39.3. The molecule has 1 spiro atoms. The van der Waals surface area contributed by atoms with Crippen molar-refractivity contribution in [2.75, 3.05) is 11.4 Å². The van der Waals surface area contributed by atoms with E-state index in [1.165, 1.54) is 17.2 Å². The number of pyridine rings is 1. The number of nitrogens with zero attached hydrogens (tertiary/aromatic N) is 4. The molecule has 0 aromatic carbocycles. The average Bonchev–Trinajstić information content (AvgIpc) is 2.96. The molecule has 4 rings (SSSR count). The van der Waals surface area contributed by atoms with E-state index in [2.05, 4.69) is 20.3 Å². The zero-order valence-corrected chi connectivity index (χ0v) is 15.9. The smallest absolute Gasteiger partial charge is 0.270 e. The molecule has 29 heavy (non-hydrogen) atoms. The minimum atomic E-state index is -3.05. The summed E-state index contributed by atoms with van der Waals surface area (Å²) in [6, 6.07) is 5.63. The fourth-order valence-electron chi connectivity index (χ4n) is 4.39. The van der Waals surface area contributed by atoms with Crippen molar-refractivity contribution in [3.05, 3.63) is 48.2 Å². The molecule has 2 aromatic rings. The summed E-state index contributed by atoms with van der Waals surface area (Å²) in [5.41, 5.74) is -1.06. The molecule has 0 radical (unpaired) electrons. The lowest BCUT2D eigenvalue weighted by Gasteiger charge is -2.40. The van der Waals surface area contributed by atoms with Crippen LogP contribution in [-0.4, -0.2) is 45.3 Å². The summed E-state index contributed by atoms with van der Waals surface area (Å²) in [6.45, 7) is 2.02. The first-order chi connectivity index (χ1) is 13.8. The molecule has 9 heteroatoms. The number of carbonyl (C=O) groups is 2. The summed E-state index contributed by atoms with van der Waals surface area (Å²) in [5.74, 6) is -3.01. The fourth-order valence-corrected chi connectivity index (χ4v) is 4.39. The van der Waals surface area contributed by atoms with E-state index in [0.717, 1.165) is 0 Å². The van der Waals surface area contributed by atoms with Gasteiger partial charge in [-0.25, -0.2) is 18.7 Å². The maximum atomic E-state index is 14.6. The maximum absolute atomic E-state index is 14.6. The minimum absolute atomic E-state index is 0.159. The molecule has 1 aliphatic carbocycles. The monoisotopic (exact) mass is 401 g/mol. The predicted octanol–water partition coefficient (Wildman–Crippen LogP) is 2.52. The van der Waals surface area contributed by atoms with Gasteiger partial charge in [-0.3, -0.25) is 19.5 Å². The predicted molar refractivity (Wildman–Crippen MR) is 100 cm³/mol. The lowest BCUT2D eigenvalue weighted by atomic mass is 9.69. The van der Waals surface area contributed by atoms with Crippen molar-refractivity contribution in [1.82, 2.24) is 20.3 Å². The lowest BCUT2D eigenvalue weighted by Crippen LogP contribution is -2.52. The molecular formula is C20H21F2N5O2. The first kappa shape index (κ1) is 19.4. The molecule has 0 bridgehead atoms. The van der Waals surface area contributed by atoms with E-state index in [1.54, 1.807) is 31.3 Å². The Balaban J connectivity index is 1.55. The van der Waals surface area contributed by atoms with E-state index < -0.39 is 36.1 Å². The fraction of sp³-hybridized carbons (Fsp3) is 0.450. The maximum Gasteiger partial charge on any atom is 0.270 e. The van der Waals surface area contributed by atoms with Gasteiger partial charge in [0.1, 0.15) is 17.3 Å². The Bertz CT molecular complexity index is 939. The Hall–Kier alpha value is -2.97. The Morgan fingerprint density at radius 2 is 2.03 bits per heavy atom. The molecule has 152 valence electrons. The average molecular weight is 401 g/mol. The summed E-state index contributed by atoms with van der Waals surface area (Å²) < 4.78 is 29.2. The second-order valence-electron chi connectivity index (χ2n) is 7.78. The van der Waals surface area contributed by atoms with E-state index in [0.29, 0.717) is 24.6 Å². The van der Waals surface area contributed by atoms with Crippen LogP contribution >= 0.6 is 0 Å². The minimum Gasteiger partial charge on any atom is -0.348 e. The van der Waals surface area contributed by atoms with Gasteiger partial charge in [-0.2, -0.15) is 0 Å². The molecule has 2 atom stereocenters. The number of aromatic nitrogens is 3. The van der Waals surface area contributed by atoms with Gasteiger partial charge in [0.15, 0.2) is 0 Å². The first-order valence-electron chi connectivity index (χ1n) is 9.49. The second-order valence-corrected chi connectivity index (χ2v) is 7.78. The molecule has 2 unspecified atom stereocenters. The third-order valence-corrected chi connectivity index (χ3v) is 5.56. The van der Waals surface area contributed by atoms with E-state index >= 15 is 0 Å². The Morgan fingerprint density at radius 1 is 1.21 bits per heavy atom. The Morgan fingerprint density at radius 3 is 2.76 bits per heavy atom. The first-order valence-corrected chi connectivity index (χ1v) is 9.49. The van der Waals surface area contributed by atoms with Crippen LogP contribution in [0.5, 0.6) is 0 Å². The SMILES string of the molecule is Cc1nccc(N2CCC3(CC(NC(=O)c4ccccn4)CC(F)(F)C3)C2=O)n1. The molecule has 1 saturated carbocycles. The van der Waals surface area contributed by atoms with Crippen LogP contribution in [0, 0.1) is 12.3 Å². The number of amides is 2. The largest absolute Gasteiger partial charge is 0.348 e. The Kier molecular flexibility index (Phi) is 4.76. The molecule has 1 saturated heterocycles. The third-order valence-electron chi connectivity index (χ3n) is 5.56. The lowest BCUT2D eigenvalue weighted by molar-refractivity contribution is -0.140. The number of alkyl halides is 2. The molecule has 2 aliphatic rings. The highest BCUT2D eigenvalue weighted by atomic mass is 19.3. The van der Waals surface area contributed by atoms with Gasteiger partial charge in [0, 0.05) is 37.8 Å². The van der Waals surface area contributed by atoms with Crippen molar-refractivity contribution in [2.45, 2.75) is 44.6 Å². The van der Waals surface area contributed by atoms with Crippen molar-refractivity contribution in [3.63, 3.8) is 0 Å². The van der Waals surface area contributed by atoms with Crippen LogP contribution in [0.3, 0.4) is 0 Å². The zero-order valence-electron chi connectivity index (χ0n) is 15.9. The number of nitrogens with one attached hydrogen (secondary N) is 1. The summed E-state index contributed by atoms with van der Waals surface area (Å²) >= 11 is 0. The van der Waals surface area contributed by atoms with E-state index in [4.69, 9.17) is 0 Å². The molecule has 2 amide bonds. The highest BCUT2D eigenvalue weighted by Gasteiger charge is 2.57. The van der Waals surface area contributed by atoms with Crippen molar-refractivity contribution < 1.29 is 18.4 Å². The van der Waals surface area contributed by atoms with Crippen LogP contribution in [0.1, 0.15) is 42.0 Å². The van der Waals surface area contributed by atoms with Gasteiger partial charge in [0.25, 0.3) is 11.8 Å². The van der Waals surface area contributed by atoms with Crippen LogP contribution in [0.15, 0.2) is 36.7 Å². The van der Waals surface area contributed by atoms with Gasteiger partial charge >= 0.3 is 0 Å². The summed E-state index contributed by atoms with van der Waals surface area (Å²) in [5, 5.41) is 2.65. The van der Waals surface area contributed by atoms with Crippen LogP contribution in [0.2, 0.25) is 0 Å². The summed E-state index contributed by atoms with van der Waals surface area (Å²) in [7, 11) is 0. The van der Waals surface area contributed by atoms with Gasteiger partial charge in [0.05, 0.1) is 5.41 Å². The van der Waals surface area contributed by atoms with E-state index in [-0.39, 0.29) is 18.0 Å². The van der Waals surface area contributed by atoms with Gasteiger partial charge in [0.2, 0.25) is 5.91 Å². The summed E-state index contributed by atoms with van der Waals surface area (Å²) in [6.07, 6.45) is 2.46. The molecule has 7 nitrogen and oxygen atoms in total. The van der Waals surface area contributed by atoms with Gasteiger partial charge in [-0.15, -0.1) is 0 Å². The van der Waals surface area contributed by atoms with Crippen molar-refractivity contribution in [2.24, 2.45) is 5.41 Å². The number of rotatable bonds is 3. The zero-order chi connectivity index (χ0) is 20.6. The molecular weight excluding hydrogens is 380 g/mol. The highest BCUT2D eigenvalue weighted by Crippen LogP contribution is 2.51. The van der Waals surface area contributed by atoms with Gasteiger partial charge < -0.3 is 5.32 Å². The van der Waals surface area contributed by atoms with Crippen LogP contribution in [0.4, 0.5) is 14.6 Å². The highest BCUT2D eigenvalue weighted by molar-refractivity contribution is 5.99. The van der Waals surface area contributed by atoms with E-state index in [1.807, 2.05) is 0 Å².